The lowest BCUT2D eigenvalue weighted by Crippen LogP contribution is -2.25. The fourth-order valence-corrected chi connectivity index (χ4v) is 10.0. The molecule has 0 aliphatic heterocycles. The van der Waals surface area contributed by atoms with Crippen LogP contribution in [0.1, 0.15) is 22.3 Å². The van der Waals surface area contributed by atoms with Crippen LogP contribution in [0, 0.1) is 6.57 Å². The second-order valence-electron chi connectivity index (χ2n) is 15.5. The third-order valence-corrected chi connectivity index (χ3v) is 12.5. The normalized spacial score (nSPS) is 12.9. The van der Waals surface area contributed by atoms with Crippen molar-refractivity contribution in [3.05, 3.63) is 234 Å². The lowest BCUT2D eigenvalue weighted by atomic mass is 9.70. The first-order valence-electron chi connectivity index (χ1n) is 20.0. The van der Waals surface area contributed by atoms with Crippen molar-refractivity contribution in [1.29, 1.82) is 0 Å². The number of nitrogens with zero attached hydrogens (tertiary/aromatic N) is 3. The molecule has 0 fully saturated rings. The Hall–Kier alpha value is -7.93. The van der Waals surface area contributed by atoms with Gasteiger partial charge in [-0.25, -0.2) is 14.8 Å². The van der Waals surface area contributed by atoms with Gasteiger partial charge >= 0.3 is 0 Å². The largest absolute Gasteiger partial charge is 0.238 e. The molecule has 0 bridgehead atoms. The summed E-state index contributed by atoms with van der Waals surface area (Å²) in [6.07, 6.45) is 0. The molecular formula is C56H33N3. The van der Waals surface area contributed by atoms with E-state index in [1.54, 1.807) is 0 Å². The van der Waals surface area contributed by atoms with E-state index in [0.29, 0.717) is 11.5 Å². The summed E-state index contributed by atoms with van der Waals surface area (Å²) in [4.78, 5) is 14.5. The SMILES string of the molecule is [C-]#[N+]c1ccc2c(c1)C1(c3ccccc3-c3ccccc31)c1cccc(-c3ccc(-c4cc(-c5cccc6ccccc56)nc(-c5cccc6ccccc56)n4)cc3)c1-2. The number of benzene rings is 9. The van der Waals surface area contributed by atoms with Gasteiger partial charge in [-0.3, -0.25) is 0 Å². The van der Waals surface area contributed by atoms with Gasteiger partial charge in [0, 0.05) is 16.7 Å². The molecule has 1 heterocycles. The van der Waals surface area contributed by atoms with Gasteiger partial charge in [0.2, 0.25) is 0 Å². The van der Waals surface area contributed by atoms with Crippen molar-refractivity contribution in [2.24, 2.45) is 0 Å². The van der Waals surface area contributed by atoms with Crippen LogP contribution >= 0.6 is 0 Å². The highest BCUT2D eigenvalue weighted by atomic mass is 14.9. The Balaban J connectivity index is 1.04. The maximum atomic E-state index is 8.00. The van der Waals surface area contributed by atoms with Gasteiger partial charge in [-0.1, -0.05) is 194 Å². The second-order valence-corrected chi connectivity index (χ2v) is 15.5. The summed E-state index contributed by atoms with van der Waals surface area (Å²) < 4.78 is 0. The van der Waals surface area contributed by atoms with E-state index in [9.17, 15) is 0 Å². The van der Waals surface area contributed by atoms with Crippen molar-refractivity contribution >= 4 is 27.2 Å². The number of rotatable bonds is 4. The van der Waals surface area contributed by atoms with Crippen LogP contribution in [0.25, 0.3) is 93.7 Å². The molecule has 59 heavy (non-hydrogen) atoms. The zero-order valence-corrected chi connectivity index (χ0v) is 31.9. The van der Waals surface area contributed by atoms with Gasteiger partial charge in [-0.2, -0.15) is 0 Å². The molecule has 1 spiro atoms. The van der Waals surface area contributed by atoms with Crippen molar-refractivity contribution in [3.8, 4) is 67.3 Å². The molecular weight excluding hydrogens is 715 g/mol. The third kappa shape index (κ3) is 4.81. The summed E-state index contributed by atoms with van der Waals surface area (Å²) in [7, 11) is 0. The zero-order chi connectivity index (χ0) is 39.1. The second kappa shape index (κ2) is 12.8. The van der Waals surface area contributed by atoms with E-state index in [1.807, 2.05) is 6.07 Å². The molecule has 10 aromatic rings. The predicted molar refractivity (Wildman–Crippen MR) is 241 cm³/mol. The average molecular weight is 748 g/mol. The summed E-state index contributed by atoms with van der Waals surface area (Å²) >= 11 is 0. The molecule has 0 atom stereocenters. The van der Waals surface area contributed by atoms with Crippen molar-refractivity contribution in [2.75, 3.05) is 0 Å². The van der Waals surface area contributed by atoms with Gasteiger partial charge in [0.25, 0.3) is 0 Å². The minimum Gasteiger partial charge on any atom is -0.238 e. The van der Waals surface area contributed by atoms with Crippen LogP contribution in [0.4, 0.5) is 5.69 Å². The van der Waals surface area contributed by atoms with E-state index in [-0.39, 0.29) is 0 Å². The Labute approximate surface area is 342 Å². The number of fused-ring (bicyclic) bond motifs is 12. The molecule has 0 radical (unpaired) electrons. The standard InChI is InChI=1S/C56H33N3/c1-57-39-31-32-47-51(33-39)56(48-24-8-6-19-43(48)44-20-7-9-25-49(44)56)50-26-12-21-42(54(47)50)37-27-29-38(30-28-37)52-34-53(45-22-10-15-35-13-2-4-17-40(35)45)59-55(58-52)46-23-11-16-36-14-3-5-18-41(36)46/h2-34H. The van der Waals surface area contributed by atoms with Crippen LogP contribution in [0.2, 0.25) is 0 Å². The molecule has 0 unspecified atom stereocenters. The van der Waals surface area contributed by atoms with Crippen LogP contribution in [-0.4, -0.2) is 9.97 Å². The molecule has 0 N–H and O–H groups in total. The number of aromatic nitrogens is 2. The van der Waals surface area contributed by atoms with E-state index < -0.39 is 5.41 Å². The summed E-state index contributed by atoms with van der Waals surface area (Å²) in [6, 6.07) is 71.3. The van der Waals surface area contributed by atoms with Gasteiger partial charge in [0.05, 0.1) is 23.4 Å². The molecule has 2 aliphatic rings. The Morgan fingerprint density at radius 2 is 0.898 bits per heavy atom. The number of hydrogen-bond donors (Lipinski definition) is 0. The van der Waals surface area contributed by atoms with Gasteiger partial charge in [0.1, 0.15) is 0 Å². The zero-order valence-electron chi connectivity index (χ0n) is 31.9. The van der Waals surface area contributed by atoms with Crippen LogP contribution in [-0.2, 0) is 5.41 Å². The predicted octanol–water partition coefficient (Wildman–Crippen LogP) is 14.3. The summed E-state index contributed by atoms with van der Waals surface area (Å²) in [5.74, 6) is 0.699. The molecule has 12 rings (SSSR count). The van der Waals surface area contributed by atoms with Gasteiger partial charge < -0.3 is 0 Å². The summed E-state index contributed by atoms with van der Waals surface area (Å²) in [6.45, 7) is 8.00. The molecule has 0 saturated carbocycles. The quantitative estimate of drug-likeness (QED) is 0.168. The Kier molecular flexibility index (Phi) is 7.21. The molecule has 2 aliphatic carbocycles. The topological polar surface area (TPSA) is 30.1 Å². The van der Waals surface area contributed by atoms with Crippen molar-refractivity contribution in [3.63, 3.8) is 0 Å². The highest BCUT2D eigenvalue weighted by Crippen LogP contribution is 2.64. The van der Waals surface area contributed by atoms with E-state index in [2.05, 4.69) is 199 Å². The summed E-state index contributed by atoms with van der Waals surface area (Å²) in [5, 5.41) is 4.61. The van der Waals surface area contributed by atoms with Gasteiger partial charge in [-0.05, 0) is 83.2 Å². The first-order chi connectivity index (χ1) is 29.2. The van der Waals surface area contributed by atoms with Crippen molar-refractivity contribution in [1.82, 2.24) is 9.97 Å². The van der Waals surface area contributed by atoms with Crippen molar-refractivity contribution in [2.45, 2.75) is 5.41 Å². The Morgan fingerprint density at radius 1 is 0.373 bits per heavy atom. The highest BCUT2D eigenvalue weighted by Gasteiger charge is 2.52. The minimum absolute atomic E-state index is 0.522. The molecule has 1 aromatic heterocycles. The maximum Gasteiger partial charge on any atom is 0.187 e. The van der Waals surface area contributed by atoms with E-state index >= 15 is 0 Å². The highest BCUT2D eigenvalue weighted by molar-refractivity contribution is 6.01. The van der Waals surface area contributed by atoms with E-state index in [0.717, 1.165) is 49.8 Å². The molecule has 0 saturated heterocycles. The molecule has 3 nitrogen and oxygen atoms in total. The average Bonchev–Trinajstić information content (AvgIpc) is 3.78. The Morgan fingerprint density at radius 3 is 1.61 bits per heavy atom. The monoisotopic (exact) mass is 747 g/mol. The van der Waals surface area contributed by atoms with Crippen LogP contribution in [0.5, 0.6) is 0 Å². The van der Waals surface area contributed by atoms with E-state index in [1.165, 1.54) is 55.5 Å². The Bertz CT molecular complexity index is 3250. The van der Waals surface area contributed by atoms with Gasteiger partial charge in [-0.15, -0.1) is 0 Å². The first-order valence-corrected chi connectivity index (χ1v) is 20.0. The number of hydrogen-bond acceptors (Lipinski definition) is 2. The minimum atomic E-state index is -0.522. The maximum absolute atomic E-state index is 8.00. The van der Waals surface area contributed by atoms with Crippen LogP contribution in [0.15, 0.2) is 200 Å². The van der Waals surface area contributed by atoms with Crippen LogP contribution in [0.3, 0.4) is 0 Å². The van der Waals surface area contributed by atoms with Crippen molar-refractivity contribution < 1.29 is 0 Å². The molecule has 272 valence electrons. The van der Waals surface area contributed by atoms with E-state index in [4.69, 9.17) is 16.5 Å². The fraction of sp³-hybridized carbons (Fsp3) is 0.0179. The fourth-order valence-electron chi connectivity index (χ4n) is 10.0. The lowest BCUT2D eigenvalue weighted by molar-refractivity contribution is 0.794. The van der Waals surface area contributed by atoms with Gasteiger partial charge in [0.15, 0.2) is 11.5 Å². The van der Waals surface area contributed by atoms with Crippen LogP contribution < -0.4 is 0 Å². The molecule has 9 aromatic carbocycles. The first kappa shape index (κ1) is 33.2. The molecule has 0 amide bonds. The molecule has 3 heteroatoms. The third-order valence-electron chi connectivity index (χ3n) is 12.5. The smallest absolute Gasteiger partial charge is 0.187 e. The lowest BCUT2D eigenvalue weighted by Gasteiger charge is -2.30. The summed E-state index contributed by atoms with van der Waals surface area (Å²) in [5.41, 5.74) is 17.1.